The molecule has 0 aliphatic carbocycles. The molecule has 6 nitrogen and oxygen atoms in total. The molecule has 1 aromatic carbocycles. The molecule has 0 aromatic heterocycles. The molecule has 0 bridgehead atoms. The number of carbonyl (C=O) groups is 3. The van der Waals surface area contributed by atoms with Crippen molar-refractivity contribution in [1.29, 1.82) is 0 Å². The molecule has 114 valence electrons. The van der Waals surface area contributed by atoms with Crippen LogP contribution in [0.3, 0.4) is 0 Å². The summed E-state index contributed by atoms with van der Waals surface area (Å²) in [6.45, 7) is 1.85. The van der Waals surface area contributed by atoms with Gasteiger partial charge in [0.05, 0.1) is 32.8 Å². The summed E-state index contributed by atoms with van der Waals surface area (Å²) in [6.07, 6.45) is -0.778. The average molecular weight is 294 g/mol. The number of methoxy groups -OCH3 is 2. The van der Waals surface area contributed by atoms with E-state index in [-0.39, 0.29) is 18.6 Å². The standard InChI is InChI=1S/C15H18O6/c1-4-21-15(18)8-10(16)7-13(17)12-6-5-11(19-2)9-14(12)20-3/h5-6,9H,4,7-8H2,1-3H3. The summed E-state index contributed by atoms with van der Waals surface area (Å²) in [4.78, 5) is 34.9. The van der Waals surface area contributed by atoms with Crippen LogP contribution < -0.4 is 9.47 Å². The first-order valence-electron chi connectivity index (χ1n) is 6.44. The summed E-state index contributed by atoms with van der Waals surface area (Å²) >= 11 is 0. The molecule has 0 aliphatic rings. The third kappa shape index (κ3) is 4.91. The van der Waals surface area contributed by atoms with Gasteiger partial charge in [-0.15, -0.1) is 0 Å². The van der Waals surface area contributed by atoms with E-state index in [1.165, 1.54) is 20.3 Å². The van der Waals surface area contributed by atoms with Gasteiger partial charge in [0.2, 0.25) is 0 Å². The van der Waals surface area contributed by atoms with Crippen LogP contribution in [0, 0.1) is 0 Å². The summed E-state index contributed by atoms with van der Waals surface area (Å²) in [5.74, 6) is -0.665. The van der Waals surface area contributed by atoms with Crippen molar-refractivity contribution in [3.63, 3.8) is 0 Å². The largest absolute Gasteiger partial charge is 0.497 e. The van der Waals surface area contributed by atoms with Crippen LogP contribution in [0.4, 0.5) is 0 Å². The Morgan fingerprint density at radius 3 is 2.33 bits per heavy atom. The number of hydrogen-bond donors (Lipinski definition) is 0. The van der Waals surface area contributed by atoms with Crippen LogP contribution >= 0.6 is 0 Å². The Labute approximate surface area is 123 Å². The molecule has 0 saturated heterocycles. The van der Waals surface area contributed by atoms with E-state index in [2.05, 4.69) is 4.74 Å². The van der Waals surface area contributed by atoms with Crippen LogP contribution in [-0.4, -0.2) is 38.4 Å². The summed E-state index contributed by atoms with van der Waals surface area (Å²) < 4.78 is 14.8. The van der Waals surface area contributed by atoms with E-state index >= 15 is 0 Å². The highest BCUT2D eigenvalue weighted by molar-refractivity contribution is 6.12. The highest BCUT2D eigenvalue weighted by atomic mass is 16.5. The zero-order chi connectivity index (χ0) is 15.8. The van der Waals surface area contributed by atoms with Crippen molar-refractivity contribution in [2.24, 2.45) is 0 Å². The van der Waals surface area contributed by atoms with Crippen molar-refractivity contribution in [2.75, 3.05) is 20.8 Å². The maximum atomic E-state index is 12.1. The van der Waals surface area contributed by atoms with Gasteiger partial charge in [0.1, 0.15) is 17.9 Å². The molecule has 0 N–H and O–H groups in total. The number of esters is 1. The number of rotatable bonds is 8. The normalized spacial score (nSPS) is 9.86. The molecule has 0 atom stereocenters. The molecule has 0 heterocycles. The number of ketones is 2. The lowest BCUT2D eigenvalue weighted by molar-refractivity contribution is -0.145. The first-order valence-corrected chi connectivity index (χ1v) is 6.44. The predicted molar refractivity (Wildman–Crippen MR) is 74.8 cm³/mol. The third-order valence-corrected chi connectivity index (χ3v) is 2.71. The van der Waals surface area contributed by atoms with Crippen molar-refractivity contribution >= 4 is 17.5 Å². The number of carbonyl (C=O) groups excluding carboxylic acids is 3. The molecule has 0 amide bonds. The van der Waals surface area contributed by atoms with Gasteiger partial charge in [-0.1, -0.05) is 0 Å². The summed E-state index contributed by atoms with van der Waals surface area (Å²) in [5.41, 5.74) is 0.274. The molecular formula is C15H18O6. The first kappa shape index (κ1) is 16.7. The van der Waals surface area contributed by atoms with Gasteiger partial charge in [0.15, 0.2) is 11.6 Å². The predicted octanol–water partition coefficient (Wildman–Crippen LogP) is 1.80. The van der Waals surface area contributed by atoms with Crippen molar-refractivity contribution in [3.05, 3.63) is 23.8 Å². The number of benzene rings is 1. The first-order chi connectivity index (χ1) is 10.0. The monoisotopic (exact) mass is 294 g/mol. The number of hydrogen-bond acceptors (Lipinski definition) is 6. The molecule has 1 aromatic rings. The Morgan fingerprint density at radius 1 is 1.05 bits per heavy atom. The smallest absolute Gasteiger partial charge is 0.313 e. The lowest BCUT2D eigenvalue weighted by atomic mass is 10.0. The number of Topliss-reactive ketones (excluding diaryl/α,β-unsaturated/α-hetero) is 2. The Bertz CT molecular complexity index is 535. The van der Waals surface area contributed by atoms with Crippen LogP contribution in [0.25, 0.3) is 0 Å². The van der Waals surface area contributed by atoms with Crippen molar-refractivity contribution < 1.29 is 28.6 Å². The summed E-state index contributed by atoms with van der Waals surface area (Å²) in [5, 5.41) is 0. The summed E-state index contributed by atoms with van der Waals surface area (Å²) in [6, 6.07) is 4.69. The topological polar surface area (TPSA) is 78.9 Å². The molecule has 6 heteroatoms. The zero-order valence-electron chi connectivity index (χ0n) is 12.3. The van der Waals surface area contributed by atoms with E-state index in [0.717, 1.165) is 0 Å². The van der Waals surface area contributed by atoms with E-state index in [9.17, 15) is 14.4 Å². The van der Waals surface area contributed by atoms with Crippen molar-refractivity contribution in [1.82, 2.24) is 0 Å². The maximum absolute atomic E-state index is 12.1. The van der Waals surface area contributed by atoms with Crippen LogP contribution in [0.15, 0.2) is 18.2 Å². The highest BCUT2D eigenvalue weighted by Crippen LogP contribution is 2.25. The highest BCUT2D eigenvalue weighted by Gasteiger charge is 2.19. The Balaban J connectivity index is 2.75. The molecular weight excluding hydrogens is 276 g/mol. The average Bonchev–Trinajstić information content (AvgIpc) is 2.46. The van der Waals surface area contributed by atoms with Gasteiger partial charge >= 0.3 is 5.97 Å². The Kier molecular flexibility index (Phi) is 6.39. The SMILES string of the molecule is CCOC(=O)CC(=O)CC(=O)c1ccc(OC)cc1OC. The quantitative estimate of drug-likeness (QED) is 0.413. The second-order valence-electron chi connectivity index (χ2n) is 4.19. The molecule has 0 unspecified atom stereocenters. The van der Waals surface area contributed by atoms with E-state index < -0.39 is 24.0 Å². The minimum atomic E-state index is -0.628. The van der Waals surface area contributed by atoms with Gasteiger partial charge in [-0.3, -0.25) is 14.4 Å². The fourth-order valence-electron chi connectivity index (χ4n) is 1.74. The van der Waals surface area contributed by atoms with Gasteiger partial charge in [-0.25, -0.2) is 0 Å². The fraction of sp³-hybridized carbons (Fsp3) is 0.400. The lowest BCUT2D eigenvalue weighted by Crippen LogP contribution is -2.15. The lowest BCUT2D eigenvalue weighted by Gasteiger charge is -2.09. The minimum absolute atomic E-state index is 0.201. The molecule has 0 saturated carbocycles. The number of ether oxygens (including phenoxy) is 3. The van der Waals surface area contributed by atoms with E-state index in [0.29, 0.717) is 11.5 Å². The van der Waals surface area contributed by atoms with Crippen LogP contribution in [-0.2, 0) is 14.3 Å². The van der Waals surface area contributed by atoms with E-state index in [1.807, 2.05) is 0 Å². The van der Waals surface area contributed by atoms with Crippen LogP contribution in [0.1, 0.15) is 30.1 Å². The second kappa shape index (κ2) is 8.04. The van der Waals surface area contributed by atoms with Gasteiger partial charge in [-0.05, 0) is 19.1 Å². The molecule has 0 spiro atoms. The van der Waals surface area contributed by atoms with Gasteiger partial charge in [0, 0.05) is 6.07 Å². The van der Waals surface area contributed by atoms with Crippen LogP contribution in [0.2, 0.25) is 0 Å². The Morgan fingerprint density at radius 2 is 1.76 bits per heavy atom. The van der Waals surface area contributed by atoms with Gasteiger partial charge < -0.3 is 14.2 Å². The van der Waals surface area contributed by atoms with E-state index in [1.54, 1.807) is 19.1 Å². The molecule has 0 fully saturated rings. The zero-order valence-corrected chi connectivity index (χ0v) is 12.3. The van der Waals surface area contributed by atoms with Crippen molar-refractivity contribution in [3.8, 4) is 11.5 Å². The minimum Gasteiger partial charge on any atom is -0.497 e. The van der Waals surface area contributed by atoms with Gasteiger partial charge in [-0.2, -0.15) is 0 Å². The molecule has 0 radical (unpaired) electrons. The van der Waals surface area contributed by atoms with Gasteiger partial charge in [0.25, 0.3) is 0 Å². The summed E-state index contributed by atoms with van der Waals surface area (Å²) in [7, 11) is 2.92. The Hall–Kier alpha value is -2.37. The molecule has 1 rings (SSSR count). The molecule has 21 heavy (non-hydrogen) atoms. The van der Waals surface area contributed by atoms with Crippen molar-refractivity contribution in [2.45, 2.75) is 19.8 Å². The third-order valence-electron chi connectivity index (χ3n) is 2.71. The van der Waals surface area contributed by atoms with E-state index in [4.69, 9.17) is 9.47 Å². The second-order valence-corrected chi connectivity index (χ2v) is 4.19. The maximum Gasteiger partial charge on any atom is 0.313 e. The van der Waals surface area contributed by atoms with Crippen LogP contribution in [0.5, 0.6) is 11.5 Å². The molecule has 0 aliphatic heterocycles. The fourth-order valence-corrected chi connectivity index (χ4v) is 1.74.